The summed E-state index contributed by atoms with van der Waals surface area (Å²) in [7, 11) is 0. The van der Waals surface area contributed by atoms with Crippen molar-refractivity contribution in [2.24, 2.45) is 0 Å². The molecule has 2 heterocycles. The molecule has 18 heavy (non-hydrogen) atoms. The van der Waals surface area contributed by atoms with Crippen molar-refractivity contribution in [1.82, 2.24) is 10.2 Å². The molecule has 0 fully saturated rings. The Bertz CT molecular complexity index is 606. The lowest BCUT2D eigenvalue weighted by molar-refractivity contribution is 0.103. The van der Waals surface area contributed by atoms with Crippen LogP contribution in [0.1, 0.15) is 15.9 Å². The second-order valence-electron chi connectivity index (χ2n) is 3.88. The molecule has 2 aromatic rings. The van der Waals surface area contributed by atoms with Crippen molar-refractivity contribution < 1.29 is 14.3 Å². The Morgan fingerprint density at radius 1 is 1.28 bits per heavy atom. The van der Waals surface area contributed by atoms with E-state index in [0.717, 1.165) is 0 Å². The van der Waals surface area contributed by atoms with Crippen molar-refractivity contribution >= 4 is 11.6 Å². The quantitative estimate of drug-likeness (QED) is 0.770. The molecule has 1 aromatic carbocycles. The number of nitrogens with zero attached hydrogens (tertiary/aromatic N) is 1. The fourth-order valence-electron chi connectivity index (χ4n) is 1.82. The van der Waals surface area contributed by atoms with Gasteiger partial charge >= 0.3 is 0 Å². The van der Waals surface area contributed by atoms with Gasteiger partial charge in [-0.3, -0.25) is 9.89 Å². The highest BCUT2D eigenvalue weighted by Crippen LogP contribution is 2.31. The van der Waals surface area contributed by atoms with E-state index < -0.39 is 0 Å². The molecule has 1 aliphatic heterocycles. The molecule has 92 valence electrons. The maximum absolute atomic E-state index is 12.2. The normalized spacial score (nSPS) is 13.3. The summed E-state index contributed by atoms with van der Waals surface area (Å²) in [6.07, 6.45) is 1.41. The summed E-state index contributed by atoms with van der Waals surface area (Å²) in [5.41, 5.74) is 6.47. The maximum Gasteiger partial charge on any atom is 0.198 e. The Morgan fingerprint density at radius 3 is 2.78 bits per heavy atom. The summed E-state index contributed by atoms with van der Waals surface area (Å²) in [5.74, 6) is 1.29. The predicted octanol–water partition coefficient (Wildman–Crippen LogP) is 0.994. The number of anilines is 1. The van der Waals surface area contributed by atoms with E-state index in [2.05, 4.69) is 10.2 Å². The fourth-order valence-corrected chi connectivity index (χ4v) is 1.82. The molecule has 1 aliphatic rings. The number of carbonyl (C=O) groups excluding carboxylic acids is 1. The monoisotopic (exact) mass is 245 g/mol. The lowest BCUT2D eigenvalue weighted by atomic mass is 10.1. The summed E-state index contributed by atoms with van der Waals surface area (Å²) >= 11 is 0. The topological polar surface area (TPSA) is 90.2 Å². The molecule has 0 radical (unpaired) electrons. The van der Waals surface area contributed by atoms with Gasteiger partial charge in [-0.1, -0.05) is 0 Å². The van der Waals surface area contributed by atoms with Gasteiger partial charge in [0, 0.05) is 5.56 Å². The zero-order valence-electron chi connectivity index (χ0n) is 9.47. The van der Waals surface area contributed by atoms with E-state index >= 15 is 0 Å². The molecular weight excluding hydrogens is 234 g/mol. The molecule has 0 unspecified atom stereocenters. The smallest absolute Gasteiger partial charge is 0.198 e. The van der Waals surface area contributed by atoms with Gasteiger partial charge in [-0.15, -0.1) is 0 Å². The number of nitrogens with two attached hydrogens (primary N) is 1. The molecule has 0 spiro atoms. The van der Waals surface area contributed by atoms with E-state index in [4.69, 9.17) is 15.2 Å². The Balaban J connectivity index is 1.98. The number of rotatable bonds is 2. The molecule has 0 atom stereocenters. The molecule has 6 heteroatoms. The predicted molar refractivity (Wildman–Crippen MR) is 63.9 cm³/mol. The van der Waals surface area contributed by atoms with Gasteiger partial charge in [0.15, 0.2) is 17.3 Å². The first-order valence-electron chi connectivity index (χ1n) is 5.49. The number of aromatic amines is 1. The van der Waals surface area contributed by atoms with Crippen LogP contribution in [0.15, 0.2) is 24.4 Å². The molecule has 0 amide bonds. The van der Waals surface area contributed by atoms with E-state index in [1.807, 2.05) is 0 Å². The summed E-state index contributed by atoms with van der Waals surface area (Å²) in [6.45, 7) is 1.01. The minimum atomic E-state index is -0.196. The number of carbonyl (C=O) groups is 1. The standard InChI is InChI=1S/C12H11N3O3/c13-12-8(6-14-15-12)11(16)7-1-2-9-10(5-7)18-4-3-17-9/h1-2,5-6H,3-4H2,(H3,13,14,15). The first-order chi connectivity index (χ1) is 8.75. The number of hydrogen-bond acceptors (Lipinski definition) is 5. The van der Waals surface area contributed by atoms with Crippen LogP contribution in [0.2, 0.25) is 0 Å². The second kappa shape index (κ2) is 4.06. The number of ether oxygens (including phenoxy) is 2. The third kappa shape index (κ3) is 1.67. The lowest BCUT2D eigenvalue weighted by Gasteiger charge is -2.18. The minimum Gasteiger partial charge on any atom is -0.486 e. The Morgan fingerprint density at radius 2 is 2.06 bits per heavy atom. The van der Waals surface area contributed by atoms with Gasteiger partial charge in [-0.05, 0) is 18.2 Å². The van der Waals surface area contributed by atoms with Crippen LogP contribution in [0.4, 0.5) is 5.82 Å². The van der Waals surface area contributed by atoms with Crippen LogP contribution in [-0.2, 0) is 0 Å². The number of benzene rings is 1. The first kappa shape index (κ1) is 10.6. The first-order valence-corrected chi connectivity index (χ1v) is 5.49. The average Bonchev–Trinajstić information content (AvgIpc) is 2.83. The highest BCUT2D eigenvalue weighted by molar-refractivity contribution is 6.11. The number of nitrogen functional groups attached to an aromatic ring is 1. The zero-order chi connectivity index (χ0) is 12.5. The third-order valence-electron chi connectivity index (χ3n) is 2.72. The number of H-pyrrole nitrogens is 1. The number of aromatic nitrogens is 2. The van der Waals surface area contributed by atoms with E-state index in [1.165, 1.54) is 6.20 Å². The molecule has 0 aliphatic carbocycles. The Hall–Kier alpha value is -2.50. The van der Waals surface area contributed by atoms with Gasteiger partial charge in [0.25, 0.3) is 0 Å². The Kier molecular flexibility index (Phi) is 2.40. The van der Waals surface area contributed by atoms with Gasteiger partial charge < -0.3 is 15.2 Å². The molecule has 1 aromatic heterocycles. The maximum atomic E-state index is 12.2. The zero-order valence-corrected chi connectivity index (χ0v) is 9.47. The van der Waals surface area contributed by atoms with Crippen molar-refractivity contribution in [3.8, 4) is 11.5 Å². The van der Waals surface area contributed by atoms with E-state index in [0.29, 0.717) is 35.8 Å². The summed E-state index contributed by atoms with van der Waals surface area (Å²) < 4.78 is 10.8. The van der Waals surface area contributed by atoms with Crippen LogP contribution in [0, 0.1) is 0 Å². The van der Waals surface area contributed by atoms with Crippen LogP contribution in [0.25, 0.3) is 0 Å². The summed E-state index contributed by atoms with van der Waals surface area (Å²) in [4.78, 5) is 12.2. The SMILES string of the molecule is Nc1[nH]ncc1C(=O)c1ccc2c(c1)OCCO2. The van der Waals surface area contributed by atoms with Crippen LogP contribution < -0.4 is 15.2 Å². The summed E-state index contributed by atoms with van der Waals surface area (Å²) in [6, 6.07) is 5.06. The van der Waals surface area contributed by atoms with Crippen LogP contribution in [0.5, 0.6) is 11.5 Å². The minimum absolute atomic E-state index is 0.196. The van der Waals surface area contributed by atoms with Crippen molar-refractivity contribution in [3.63, 3.8) is 0 Å². The van der Waals surface area contributed by atoms with Crippen LogP contribution in [-0.4, -0.2) is 29.2 Å². The van der Waals surface area contributed by atoms with E-state index in [1.54, 1.807) is 18.2 Å². The number of hydrogen-bond donors (Lipinski definition) is 2. The van der Waals surface area contributed by atoms with Gasteiger partial charge in [0.05, 0.1) is 11.8 Å². The van der Waals surface area contributed by atoms with Gasteiger partial charge in [0.2, 0.25) is 0 Å². The molecular formula is C12H11N3O3. The highest BCUT2D eigenvalue weighted by atomic mass is 16.6. The van der Waals surface area contributed by atoms with Crippen LogP contribution >= 0.6 is 0 Å². The molecule has 0 saturated carbocycles. The number of fused-ring (bicyclic) bond motifs is 1. The van der Waals surface area contributed by atoms with Crippen LogP contribution in [0.3, 0.4) is 0 Å². The molecule has 0 saturated heterocycles. The molecule has 6 nitrogen and oxygen atoms in total. The average molecular weight is 245 g/mol. The lowest BCUT2D eigenvalue weighted by Crippen LogP contribution is -2.16. The number of ketones is 1. The van der Waals surface area contributed by atoms with Crippen molar-refractivity contribution in [3.05, 3.63) is 35.5 Å². The largest absolute Gasteiger partial charge is 0.486 e. The second-order valence-corrected chi connectivity index (χ2v) is 3.88. The van der Waals surface area contributed by atoms with Crippen molar-refractivity contribution in [2.75, 3.05) is 18.9 Å². The molecule has 3 N–H and O–H groups in total. The summed E-state index contributed by atoms with van der Waals surface area (Å²) in [5, 5.41) is 6.26. The van der Waals surface area contributed by atoms with E-state index in [-0.39, 0.29) is 11.6 Å². The van der Waals surface area contributed by atoms with Crippen molar-refractivity contribution in [2.45, 2.75) is 0 Å². The fraction of sp³-hybridized carbons (Fsp3) is 0.167. The Labute approximate surface area is 103 Å². The van der Waals surface area contributed by atoms with Crippen molar-refractivity contribution in [1.29, 1.82) is 0 Å². The number of nitrogens with one attached hydrogen (secondary N) is 1. The third-order valence-corrected chi connectivity index (χ3v) is 2.72. The molecule has 3 rings (SSSR count). The highest BCUT2D eigenvalue weighted by Gasteiger charge is 2.18. The van der Waals surface area contributed by atoms with E-state index in [9.17, 15) is 4.79 Å². The van der Waals surface area contributed by atoms with Gasteiger partial charge in [-0.2, -0.15) is 5.10 Å². The molecule has 0 bridgehead atoms. The van der Waals surface area contributed by atoms with Gasteiger partial charge in [0.1, 0.15) is 19.0 Å². The van der Waals surface area contributed by atoms with Gasteiger partial charge in [-0.25, -0.2) is 0 Å².